The Morgan fingerprint density at radius 1 is 1.00 bits per heavy atom. The summed E-state index contributed by atoms with van der Waals surface area (Å²) in [6.07, 6.45) is 0. The fraction of sp³-hybridized carbons (Fsp3) is 0.400. The molecule has 0 aliphatic carbocycles. The summed E-state index contributed by atoms with van der Waals surface area (Å²) >= 11 is 0. The average molecular weight is 338 g/mol. The fourth-order valence-electron chi connectivity index (χ4n) is 0.242. The number of hydrogen-bond acceptors (Lipinski definition) is 10. The molecule has 0 aromatic heterocycles. The van der Waals surface area contributed by atoms with Gasteiger partial charge in [-0.2, -0.15) is 0 Å². The molecule has 0 aliphatic rings. The van der Waals surface area contributed by atoms with Crippen molar-refractivity contribution in [2.24, 2.45) is 0 Å². The molecule has 0 radical (unpaired) electrons. The summed E-state index contributed by atoms with van der Waals surface area (Å²) in [6.45, 7) is 4.95. The maximum atomic E-state index is 10.2. The molecule has 0 spiro atoms. The Morgan fingerprint density at radius 3 is 1.32 bits per heavy atom. The zero-order valence-electron chi connectivity index (χ0n) is 10.6. The first-order valence-electron chi connectivity index (χ1n) is 3.42. The molecule has 0 aromatic carbocycles. The van der Waals surface area contributed by atoms with Crippen molar-refractivity contribution in [2.45, 2.75) is 6.92 Å². The van der Waals surface area contributed by atoms with Crippen molar-refractivity contribution >= 4 is 26.8 Å². The van der Waals surface area contributed by atoms with Gasteiger partial charge in [0.2, 0.25) is 20.8 Å². The Kier molecular flexibility index (Phi) is 18.8. The normalized spacial score (nSPS) is 9.89. The topological polar surface area (TPSA) is 159 Å². The zero-order valence-corrected chi connectivity index (χ0v) is 16.2. The van der Waals surface area contributed by atoms with Crippen LogP contribution in [0.1, 0.15) is 6.92 Å². The second kappa shape index (κ2) is 12.7. The minimum absolute atomic E-state index is 0. The third-order valence-electron chi connectivity index (χ3n) is 0.728. The predicted octanol–water partition coefficient (Wildman–Crippen LogP) is -7.40. The first kappa shape index (κ1) is 28.2. The van der Waals surface area contributed by atoms with Gasteiger partial charge in [0.05, 0.1) is 7.11 Å². The number of carbonyl (C=O) groups excluding carboxylic acids is 1. The van der Waals surface area contributed by atoms with E-state index >= 15 is 0 Å². The molecule has 14 heteroatoms. The van der Waals surface area contributed by atoms with Crippen LogP contribution < -0.4 is 59.1 Å². The predicted molar refractivity (Wildman–Crippen MR) is 48.4 cm³/mol. The van der Waals surface area contributed by atoms with Gasteiger partial charge in [-0.25, -0.2) is 21.6 Å². The third kappa shape index (κ3) is 28.0. The average Bonchev–Trinajstić information content (AvgIpc) is 2.12. The number of methoxy groups -OCH3 is 1. The Labute approximate surface area is 154 Å². The van der Waals surface area contributed by atoms with Gasteiger partial charge in [-0.1, -0.05) is 6.58 Å². The van der Waals surface area contributed by atoms with Crippen molar-refractivity contribution in [3.05, 3.63) is 12.2 Å². The van der Waals surface area contributed by atoms with Crippen LogP contribution in [0.15, 0.2) is 12.2 Å². The summed E-state index contributed by atoms with van der Waals surface area (Å²) in [5.74, 6) is -0.347. The summed E-state index contributed by atoms with van der Waals surface area (Å²) in [5, 5.41) is 0. The molecule has 0 bridgehead atoms. The van der Waals surface area contributed by atoms with Crippen molar-refractivity contribution in [1.29, 1.82) is 0 Å². The Bertz CT molecular complexity index is 434. The summed E-state index contributed by atoms with van der Waals surface area (Å²) < 4.78 is 65.7. The first-order valence-corrected chi connectivity index (χ1v) is 6.09. The van der Waals surface area contributed by atoms with Crippen LogP contribution in [0.5, 0.6) is 0 Å². The quantitative estimate of drug-likeness (QED) is 0.0916. The van der Waals surface area contributed by atoms with E-state index in [1.54, 1.807) is 6.92 Å². The first-order chi connectivity index (χ1) is 7.39. The van der Waals surface area contributed by atoms with E-state index in [2.05, 4.69) is 20.0 Å². The van der Waals surface area contributed by atoms with E-state index in [1.807, 2.05) is 0 Å². The number of esters is 1. The van der Waals surface area contributed by atoms with Gasteiger partial charge in [-0.05, 0) is 6.92 Å². The smallest absolute Gasteiger partial charge is 0.724 e. The Hall–Kier alpha value is 0.950. The molecule has 0 fully saturated rings. The number of carbonyl (C=O) groups is 1. The van der Waals surface area contributed by atoms with Gasteiger partial charge in [-0.3, -0.25) is 0 Å². The van der Waals surface area contributed by atoms with E-state index in [1.165, 1.54) is 7.11 Å². The van der Waals surface area contributed by atoms with Crippen LogP contribution in [-0.4, -0.2) is 39.0 Å². The molecular formula is C5H8Na2O10S2. The Balaban J connectivity index is -0.000000112. The monoisotopic (exact) mass is 338 g/mol. The van der Waals surface area contributed by atoms with Crippen LogP contribution in [-0.2, 0) is 39.0 Å². The van der Waals surface area contributed by atoms with E-state index < -0.39 is 20.8 Å². The van der Waals surface area contributed by atoms with E-state index in [-0.39, 0.29) is 65.1 Å². The van der Waals surface area contributed by atoms with Crippen LogP contribution in [0.25, 0.3) is 0 Å². The van der Waals surface area contributed by atoms with Crippen LogP contribution >= 0.6 is 0 Å². The number of hydrogen-bond donors (Lipinski definition) is 0. The van der Waals surface area contributed by atoms with Gasteiger partial charge in [0.25, 0.3) is 0 Å². The zero-order chi connectivity index (χ0) is 14.3. The van der Waals surface area contributed by atoms with Crippen LogP contribution in [0.2, 0.25) is 0 Å². The molecule has 0 unspecified atom stereocenters. The van der Waals surface area contributed by atoms with Crippen molar-refractivity contribution in [3.8, 4) is 0 Å². The molecule has 19 heavy (non-hydrogen) atoms. The molecule has 0 aromatic rings. The maximum absolute atomic E-state index is 10.2. The fourth-order valence-corrected chi connectivity index (χ4v) is 0.787. The molecule has 0 atom stereocenters. The summed E-state index contributed by atoms with van der Waals surface area (Å²) in [4.78, 5) is 10.2. The maximum Gasteiger partial charge on any atom is 1.00 e. The van der Waals surface area contributed by atoms with Crippen LogP contribution in [0.4, 0.5) is 0 Å². The standard InChI is InChI=1S/C5H8O2.2Na.H2O8S2/c1-4(2)5(6)7-3;;;1-9(2,3)7-8-10(4,5)6/h1H2,2-3H3;;;(H,1,2,3)(H,4,5,6)/q;2*+1;/p-2. The molecule has 0 N–H and O–H groups in total. The molecule has 0 amide bonds. The van der Waals surface area contributed by atoms with Crippen molar-refractivity contribution in [3.63, 3.8) is 0 Å². The molecule has 0 aliphatic heterocycles. The molecule has 0 saturated carbocycles. The van der Waals surface area contributed by atoms with E-state index in [9.17, 15) is 30.7 Å². The van der Waals surface area contributed by atoms with Crippen molar-refractivity contribution in [2.75, 3.05) is 7.11 Å². The van der Waals surface area contributed by atoms with Gasteiger partial charge in [0, 0.05) is 5.57 Å². The molecule has 0 heterocycles. The van der Waals surface area contributed by atoms with Gasteiger partial charge in [-0.15, -0.1) is 8.67 Å². The minimum Gasteiger partial charge on any atom is -0.724 e. The van der Waals surface area contributed by atoms with Gasteiger partial charge >= 0.3 is 65.1 Å². The van der Waals surface area contributed by atoms with E-state index in [0.717, 1.165) is 0 Å². The number of ether oxygens (including phenoxy) is 1. The van der Waals surface area contributed by atoms with E-state index in [4.69, 9.17) is 0 Å². The third-order valence-corrected chi connectivity index (χ3v) is 1.28. The summed E-state index contributed by atoms with van der Waals surface area (Å²) in [5.41, 5.74) is 0.433. The molecular weight excluding hydrogens is 330 g/mol. The molecule has 0 rings (SSSR count). The van der Waals surface area contributed by atoms with Gasteiger partial charge in [0.1, 0.15) is 0 Å². The second-order valence-corrected chi connectivity index (χ2v) is 4.13. The van der Waals surface area contributed by atoms with Crippen molar-refractivity contribution in [1.82, 2.24) is 0 Å². The Morgan fingerprint density at radius 2 is 1.26 bits per heavy atom. The van der Waals surface area contributed by atoms with E-state index in [0.29, 0.717) is 5.57 Å². The SMILES string of the molecule is C=C(C)C(=O)OC.O=S(=O)([O-])OOS(=O)(=O)[O-].[Na+].[Na+]. The van der Waals surface area contributed by atoms with Gasteiger partial charge in [0.15, 0.2) is 0 Å². The minimum atomic E-state index is -5.31. The largest absolute Gasteiger partial charge is 1.00 e. The second-order valence-electron chi connectivity index (χ2n) is 2.22. The number of rotatable bonds is 4. The van der Waals surface area contributed by atoms with Crippen LogP contribution in [0.3, 0.4) is 0 Å². The molecule has 102 valence electrons. The summed E-state index contributed by atoms with van der Waals surface area (Å²) in [6, 6.07) is 0. The van der Waals surface area contributed by atoms with Crippen LogP contribution in [0, 0.1) is 0 Å². The molecule has 0 saturated heterocycles. The molecule has 10 nitrogen and oxygen atoms in total. The summed E-state index contributed by atoms with van der Waals surface area (Å²) in [7, 11) is -9.29. The van der Waals surface area contributed by atoms with Gasteiger partial charge < -0.3 is 13.8 Å². The van der Waals surface area contributed by atoms with Crippen molar-refractivity contribution < 1.29 is 103 Å².